The van der Waals surface area contributed by atoms with Gasteiger partial charge in [-0.05, 0) is 49.1 Å². The third-order valence-corrected chi connectivity index (χ3v) is 7.03. The van der Waals surface area contributed by atoms with Crippen LogP contribution >= 0.6 is 0 Å². The molecular formula is C24H26N8O2S. The Labute approximate surface area is 203 Å². The van der Waals surface area contributed by atoms with Gasteiger partial charge in [-0.1, -0.05) is 13.0 Å². The van der Waals surface area contributed by atoms with Crippen molar-refractivity contribution in [2.24, 2.45) is 0 Å². The van der Waals surface area contributed by atoms with Crippen LogP contribution in [0, 0.1) is 6.92 Å². The number of aryl methyl sites for hydroxylation is 2. The molecule has 5 rings (SSSR count). The minimum absolute atomic E-state index is 0.0432. The highest BCUT2D eigenvalue weighted by Gasteiger charge is 2.19. The molecule has 0 atom stereocenters. The number of sulfone groups is 1. The van der Waals surface area contributed by atoms with Crippen LogP contribution in [0.15, 0.2) is 54.2 Å². The molecule has 4 aromatic heterocycles. The molecule has 0 fully saturated rings. The first-order valence-electron chi connectivity index (χ1n) is 11.4. The van der Waals surface area contributed by atoms with Gasteiger partial charge in [-0.25, -0.2) is 33.3 Å². The number of rotatable bonds is 6. The zero-order valence-electron chi connectivity index (χ0n) is 19.8. The molecule has 10 nitrogen and oxygen atoms in total. The Morgan fingerprint density at radius 1 is 1.09 bits per heavy atom. The normalized spacial score (nSPS) is 14.3. The van der Waals surface area contributed by atoms with Crippen LogP contribution in [-0.2, 0) is 16.3 Å². The fourth-order valence-corrected chi connectivity index (χ4v) is 4.64. The van der Waals surface area contributed by atoms with Crippen molar-refractivity contribution in [3.8, 4) is 0 Å². The SMILES string of the molecule is CCc1cnc(N2CC=C(c3ncn4c(Nc5ccc(S(C)(=O)=O)nc5C)nccc34)CC2)nc1. The molecule has 35 heavy (non-hydrogen) atoms. The van der Waals surface area contributed by atoms with Gasteiger partial charge >= 0.3 is 0 Å². The van der Waals surface area contributed by atoms with Crippen LogP contribution in [0.3, 0.4) is 0 Å². The third kappa shape index (κ3) is 4.59. The molecule has 1 N–H and O–H groups in total. The summed E-state index contributed by atoms with van der Waals surface area (Å²) >= 11 is 0. The first kappa shape index (κ1) is 22.9. The average molecular weight is 491 g/mol. The van der Waals surface area contributed by atoms with E-state index in [1.54, 1.807) is 25.5 Å². The van der Waals surface area contributed by atoms with Crippen molar-refractivity contribution >= 4 is 38.5 Å². The highest BCUT2D eigenvalue weighted by molar-refractivity contribution is 7.90. The minimum Gasteiger partial charge on any atom is -0.337 e. The quantitative estimate of drug-likeness (QED) is 0.434. The Morgan fingerprint density at radius 2 is 1.89 bits per heavy atom. The van der Waals surface area contributed by atoms with Gasteiger partial charge in [-0.15, -0.1) is 0 Å². The average Bonchev–Trinajstić information content (AvgIpc) is 3.30. The summed E-state index contributed by atoms with van der Waals surface area (Å²) in [7, 11) is -3.37. The van der Waals surface area contributed by atoms with E-state index in [2.05, 4.69) is 48.1 Å². The second kappa shape index (κ2) is 9.06. The lowest BCUT2D eigenvalue weighted by Gasteiger charge is -2.26. The summed E-state index contributed by atoms with van der Waals surface area (Å²) in [6.07, 6.45) is 12.3. The molecule has 180 valence electrons. The molecule has 0 amide bonds. The molecule has 0 unspecified atom stereocenters. The smallest absolute Gasteiger partial charge is 0.225 e. The predicted octanol–water partition coefficient (Wildman–Crippen LogP) is 3.23. The molecule has 11 heteroatoms. The van der Waals surface area contributed by atoms with E-state index in [1.165, 1.54) is 11.6 Å². The predicted molar refractivity (Wildman–Crippen MR) is 135 cm³/mol. The maximum Gasteiger partial charge on any atom is 0.225 e. The van der Waals surface area contributed by atoms with Crippen molar-refractivity contribution in [1.29, 1.82) is 0 Å². The number of nitrogens with zero attached hydrogens (tertiary/aromatic N) is 7. The second-order valence-corrected chi connectivity index (χ2v) is 10.4. The van der Waals surface area contributed by atoms with Gasteiger partial charge in [0.25, 0.3) is 0 Å². The van der Waals surface area contributed by atoms with Crippen molar-refractivity contribution in [2.75, 3.05) is 29.6 Å². The zero-order valence-corrected chi connectivity index (χ0v) is 20.6. The summed E-state index contributed by atoms with van der Waals surface area (Å²) in [5.41, 5.74) is 5.39. The van der Waals surface area contributed by atoms with Gasteiger partial charge < -0.3 is 10.2 Å². The van der Waals surface area contributed by atoms with E-state index in [-0.39, 0.29) is 5.03 Å². The van der Waals surface area contributed by atoms with Crippen molar-refractivity contribution in [3.63, 3.8) is 0 Å². The molecule has 1 aliphatic heterocycles. The number of anilines is 3. The van der Waals surface area contributed by atoms with Gasteiger partial charge in [-0.2, -0.15) is 0 Å². The zero-order chi connectivity index (χ0) is 24.6. The molecule has 0 spiro atoms. The number of fused-ring (bicyclic) bond motifs is 1. The van der Waals surface area contributed by atoms with Crippen LogP contribution in [0.4, 0.5) is 17.6 Å². The third-order valence-electron chi connectivity index (χ3n) is 6.04. The topological polar surface area (TPSA) is 118 Å². The molecular weight excluding hydrogens is 464 g/mol. The van der Waals surface area contributed by atoms with Gasteiger partial charge in [0.1, 0.15) is 6.33 Å². The highest BCUT2D eigenvalue weighted by atomic mass is 32.2. The molecule has 1 aliphatic rings. The number of pyridine rings is 1. The molecule has 5 heterocycles. The van der Waals surface area contributed by atoms with Gasteiger partial charge in [0.15, 0.2) is 14.9 Å². The second-order valence-electron chi connectivity index (χ2n) is 8.47. The molecule has 4 aromatic rings. The van der Waals surface area contributed by atoms with Crippen molar-refractivity contribution in [2.45, 2.75) is 31.7 Å². The summed E-state index contributed by atoms with van der Waals surface area (Å²) in [6.45, 7) is 5.37. The van der Waals surface area contributed by atoms with Gasteiger partial charge in [0.2, 0.25) is 11.9 Å². The van der Waals surface area contributed by atoms with Crippen LogP contribution < -0.4 is 10.2 Å². The van der Waals surface area contributed by atoms with E-state index in [9.17, 15) is 8.42 Å². The number of hydrogen-bond donors (Lipinski definition) is 1. The summed E-state index contributed by atoms with van der Waals surface area (Å²) in [5.74, 6) is 1.31. The molecule has 0 bridgehead atoms. The Hall–Kier alpha value is -3.86. The largest absolute Gasteiger partial charge is 0.337 e. The maximum absolute atomic E-state index is 11.8. The summed E-state index contributed by atoms with van der Waals surface area (Å²) in [4.78, 5) is 24.5. The molecule has 0 saturated carbocycles. The molecule has 0 aliphatic carbocycles. The van der Waals surface area contributed by atoms with Crippen molar-refractivity contribution in [3.05, 3.63) is 66.1 Å². The van der Waals surface area contributed by atoms with E-state index in [0.29, 0.717) is 23.9 Å². The maximum atomic E-state index is 11.8. The van der Waals surface area contributed by atoms with E-state index in [0.717, 1.165) is 48.4 Å². The Morgan fingerprint density at radius 3 is 2.54 bits per heavy atom. The lowest BCUT2D eigenvalue weighted by Crippen LogP contribution is -2.29. The molecule has 0 saturated heterocycles. The first-order chi connectivity index (χ1) is 16.8. The number of aromatic nitrogens is 6. The van der Waals surface area contributed by atoms with E-state index in [4.69, 9.17) is 0 Å². The lowest BCUT2D eigenvalue weighted by molar-refractivity contribution is 0.598. The monoisotopic (exact) mass is 490 g/mol. The lowest BCUT2D eigenvalue weighted by atomic mass is 10.0. The number of imidazole rings is 1. The van der Waals surface area contributed by atoms with Crippen LogP contribution in [-0.4, -0.2) is 57.1 Å². The van der Waals surface area contributed by atoms with E-state index >= 15 is 0 Å². The van der Waals surface area contributed by atoms with Crippen LogP contribution in [0.1, 0.15) is 30.3 Å². The molecule has 0 aromatic carbocycles. The highest BCUT2D eigenvalue weighted by Crippen LogP contribution is 2.28. The Balaban J connectivity index is 1.39. The van der Waals surface area contributed by atoms with Gasteiger partial charge in [0.05, 0.1) is 22.6 Å². The molecule has 0 radical (unpaired) electrons. The fraction of sp³-hybridized carbons (Fsp3) is 0.292. The Kier molecular flexibility index (Phi) is 5.93. The van der Waals surface area contributed by atoms with Crippen LogP contribution in [0.25, 0.3) is 11.1 Å². The van der Waals surface area contributed by atoms with Crippen molar-refractivity contribution < 1.29 is 8.42 Å². The summed E-state index contributed by atoms with van der Waals surface area (Å²) in [5, 5.41) is 3.30. The minimum atomic E-state index is -3.37. The van der Waals surface area contributed by atoms with Crippen LogP contribution in [0.2, 0.25) is 0 Å². The van der Waals surface area contributed by atoms with Crippen LogP contribution in [0.5, 0.6) is 0 Å². The number of hydrogen-bond acceptors (Lipinski definition) is 9. The number of nitrogens with one attached hydrogen (secondary N) is 1. The first-order valence-corrected chi connectivity index (χ1v) is 13.2. The fourth-order valence-electron chi connectivity index (χ4n) is 4.02. The van der Waals surface area contributed by atoms with E-state index < -0.39 is 9.84 Å². The Bertz CT molecular complexity index is 1530. The standard InChI is InChI=1S/C24H26N8O2S/c1-4-17-13-26-23(27-14-17)31-11-8-18(9-12-31)22-20-7-10-25-24(32(20)15-28-22)30-19-5-6-21(29-16(19)2)35(3,33)34/h5-8,10,13-15H,4,9,11-12H2,1-3H3,(H,25,30). The van der Waals surface area contributed by atoms with Crippen molar-refractivity contribution in [1.82, 2.24) is 29.3 Å². The van der Waals surface area contributed by atoms with Gasteiger partial charge in [-0.3, -0.25) is 4.40 Å². The van der Waals surface area contributed by atoms with Gasteiger partial charge in [0, 0.05) is 37.9 Å². The summed E-state index contributed by atoms with van der Waals surface area (Å²) < 4.78 is 25.5. The summed E-state index contributed by atoms with van der Waals surface area (Å²) in [6, 6.07) is 5.12. The van der Waals surface area contributed by atoms with E-state index in [1.807, 2.05) is 22.9 Å².